The van der Waals surface area contributed by atoms with Gasteiger partial charge in [-0.25, -0.2) is 0 Å². The molecule has 4 N–H and O–H groups in total. The molecule has 7 nitrogen and oxygen atoms in total. The van der Waals surface area contributed by atoms with Crippen LogP contribution in [0.25, 0.3) is 0 Å². The molecule has 0 aromatic heterocycles. The van der Waals surface area contributed by atoms with Gasteiger partial charge >= 0.3 is 10.4 Å². The highest BCUT2D eigenvalue weighted by Gasteiger charge is 1.95. The minimum Gasteiger partial charge on any atom is -0.412 e. The van der Waals surface area contributed by atoms with Crippen molar-refractivity contribution in [1.29, 1.82) is 0 Å². The first kappa shape index (κ1) is 20.1. The highest BCUT2D eigenvalue weighted by Crippen LogP contribution is 2.02. The van der Waals surface area contributed by atoms with Crippen molar-refractivity contribution in [2.45, 2.75) is 38.5 Å². The van der Waals surface area contributed by atoms with Gasteiger partial charge in [-0.05, 0) is 38.5 Å². The summed E-state index contributed by atoms with van der Waals surface area (Å²) in [6.45, 7) is 4.00. The average Bonchev–Trinajstić information content (AvgIpc) is 2.32. The van der Waals surface area contributed by atoms with Crippen molar-refractivity contribution in [3.05, 3.63) is 0 Å². The van der Waals surface area contributed by atoms with Crippen molar-refractivity contribution in [2.75, 3.05) is 26.4 Å². The minimum atomic E-state index is -4.67. The first-order valence-corrected chi connectivity index (χ1v) is 7.25. The van der Waals surface area contributed by atoms with Gasteiger partial charge < -0.3 is 14.9 Å². The first-order valence-electron chi connectivity index (χ1n) is 5.85. The lowest BCUT2D eigenvalue weighted by Crippen LogP contribution is -2.03. The van der Waals surface area contributed by atoms with Crippen LogP contribution in [0, 0.1) is 0 Å². The van der Waals surface area contributed by atoms with Crippen LogP contribution in [0.3, 0.4) is 0 Å². The van der Waals surface area contributed by atoms with Crippen LogP contribution in [-0.2, 0) is 19.9 Å². The van der Waals surface area contributed by atoms with Crippen molar-refractivity contribution in [1.82, 2.24) is 0 Å². The fraction of sp³-hybridized carbons (Fsp3) is 1.00. The van der Waals surface area contributed by atoms with Crippen LogP contribution in [0.4, 0.5) is 0 Å². The Morgan fingerprint density at radius 2 is 0.889 bits per heavy atom. The van der Waals surface area contributed by atoms with Crippen molar-refractivity contribution >= 4 is 10.4 Å². The molecule has 2 fully saturated rings. The predicted molar refractivity (Wildman–Crippen MR) is 67.1 cm³/mol. The number of hydrogen-bond acceptors (Lipinski definition) is 4. The summed E-state index contributed by atoms with van der Waals surface area (Å²) in [6, 6.07) is 0. The molecule has 0 aliphatic carbocycles. The van der Waals surface area contributed by atoms with E-state index in [4.69, 9.17) is 27.0 Å². The van der Waals surface area contributed by atoms with Crippen molar-refractivity contribution in [3.8, 4) is 0 Å². The van der Waals surface area contributed by atoms with Gasteiger partial charge in [0.1, 0.15) is 0 Å². The Morgan fingerprint density at radius 1 is 0.667 bits per heavy atom. The van der Waals surface area contributed by atoms with Crippen molar-refractivity contribution < 1.29 is 32.5 Å². The lowest BCUT2D eigenvalue weighted by atomic mass is 10.2. The van der Waals surface area contributed by atoms with E-state index in [2.05, 4.69) is 0 Å². The molecule has 0 radical (unpaired) electrons. The van der Waals surface area contributed by atoms with Gasteiger partial charge in [-0.1, -0.05) is 0 Å². The second-order valence-corrected chi connectivity index (χ2v) is 4.69. The summed E-state index contributed by atoms with van der Waals surface area (Å²) < 4.78 is 41.7. The maximum atomic E-state index is 8.74. The molecular weight excluding hydrogens is 264 g/mol. The normalized spacial score (nSPS) is 19.2. The van der Waals surface area contributed by atoms with Gasteiger partial charge in [0, 0.05) is 26.4 Å². The Labute approximate surface area is 108 Å². The molecule has 8 heteroatoms. The van der Waals surface area contributed by atoms with E-state index in [-0.39, 0.29) is 5.48 Å². The first-order chi connectivity index (χ1) is 8.00. The van der Waals surface area contributed by atoms with E-state index in [1.165, 1.54) is 38.5 Å². The second-order valence-electron chi connectivity index (χ2n) is 3.79. The van der Waals surface area contributed by atoms with Gasteiger partial charge in [-0.2, -0.15) is 8.42 Å². The molecule has 112 valence electrons. The van der Waals surface area contributed by atoms with E-state index in [1.807, 2.05) is 0 Å². The minimum absolute atomic E-state index is 0. The molecule has 0 atom stereocenters. The summed E-state index contributed by atoms with van der Waals surface area (Å²) in [5, 5.41) is 0. The summed E-state index contributed by atoms with van der Waals surface area (Å²) in [4.78, 5) is 0. The molecule has 2 aliphatic heterocycles. The fourth-order valence-electron chi connectivity index (χ4n) is 1.37. The lowest BCUT2D eigenvalue weighted by Gasteiger charge is -2.08. The Morgan fingerprint density at radius 3 is 0.944 bits per heavy atom. The van der Waals surface area contributed by atoms with E-state index in [1.54, 1.807) is 0 Å². The van der Waals surface area contributed by atoms with Crippen LogP contribution < -0.4 is 0 Å². The van der Waals surface area contributed by atoms with Gasteiger partial charge in [-0.3, -0.25) is 9.11 Å². The summed E-state index contributed by atoms with van der Waals surface area (Å²) in [7, 11) is -4.67. The monoisotopic (exact) mass is 288 g/mol. The third-order valence-corrected chi connectivity index (χ3v) is 2.15. The maximum Gasteiger partial charge on any atom is 0.394 e. The van der Waals surface area contributed by atoms with E-state index in [9.17, 15) is 0 Å². The van der Waals surface area contributed by atoms with Gasteiger partial charge in [-0.15, -0.1) is 0 Å². The molecular formula is C10H24O7S. The summed E-state index contributed by atoms with van der Waals surface area (Å²) >= 11 is 0. The molecule has 0 aromatic rings. The maximum absolute atomic E-state index is 8.74. The van der Waals surface area contributed by atoms with Crippen LogP contribution in [-0.4, -0.2) is 49.4 Å². The number of rotatable bonds is 0. The van der Waals surface area contributed by atoms with E-state index >= 15 is 0 Å². The molecule has 0 unspecified atom stereocenters. The molecule has 0 saturated carbocycles. The van der Waals surface area contributed by atoms with Crippen molar-refractivity contribution in [3.63, 3.8) is 0 Å². The quantitative estimate of drug-likeness (QED) is 0.638. The number of hydrogen-bond donors (Lipinski definition) is 2. The van der Waals surface area contributed by atoms with Gasteiger partial charge in [0.2, 0.25) is 0 Å². The number of ether oxygens (including phenoxy) is 2. The molecule has 0 aromatic carbocycles. The van der Waals surface area contributed by atoms with Crippen LogP contribution >= 0.6 is 0 Å². The SMILES string of the molecule is C1CCOCC1.C1CCOCC1.O.O=S(=O)(O)O. The summed E-state index contributed by atoms with van der Waals surface area (Å²) in [5.41, 5.74) is 0. The molecule has 2 heterocycles. The Kier molecular flexibility index (Phi) is 14.7. The largest absolute Gasteiger partial charge is 0.412 e. The smallest absolute Gasteiger partial charge is 0.394 e. The summed E-state index contributed by atoms with van der Waals surface area (Å²) in [5.74, 6) is 0. The average molecular weight is 288 g/mol. The lowest BCUT2D eigenvalue weighted by molar-refractivity contribution is 0.0967. The van der Waals surface area contributed by atoms with Crippen LogP contribution in [0.1, 0.15) is 38.5 Å². The highest BCUT2D eigenvalue weighted by atomic mass is 32.3. The molecule has 0 amide bonds. The van der Waals surface area contributed by atoms with Crippen LogP contribution in [0.15, 0.2) is 0 Å². The Balaban J connectivity index is 0. The summed E-state index contributed by atoms with van der Waals surface area (Å²) in [6.07, 6.45) is 7.86. The molecule has 2 saturated heterocycles. The predicted octanol–water partition coefficient (Wildman–Crippen LogP) is 0.896. The zero-order chi connectivity index (χ0) is 13.0. The molecule has 18 heavy (non-hydrogen) atoms. The van der Waals surface area contributed by atoms with Gasteiger partial charge in [0.15, 0.2) is 0 Å². The Hall–Kier alpha value is -0.250. The van der Waals surface area contributed by atoms with Gasteiger partial charge in [0.25, 0.3) is 0 Å². The molecule has 2 aliphatic rings. The van der Waals surface area contributed by atoms with Crippen LogP contribution in [0.5, 0.6) is 0 Å². The molecule has 0 bridgehead atoms. The third-order valence-electron chi connectivity index (χ3n) is 2.15. The van der Waals surface area contributed by atoms with E-state index in [0.29, 0.717) is 0 Å². The van der Waals surface area contributed by atoms with E-state index in [0.717, 1.165) is 26.4 Å². The standard InChI is InChI=1S/2C5H10O.H2O4S.H2O/c2*1-2-4-6-5-3-1;1-5(2,3)4;/h2*1-5H2;(H2,1,2,3,4);1H2. The zero-order valence-corrected chi connectivity index (χ0v) is 11.3. The molecule has 0 spiro atoms. The van der Waals surface area contributed by atoms with Crippen LogP contribution in [0.2, 0.25) is 0 Å². The van der Waals surface area contributed by atoms with E-state index < -0.39 is 10.4 Å². The van der Waals surface area contributed by atoms with Crippen molar-refractivity contribution in [2.24, 2.45) is 0 Å². The zero-order valence-electron chi connectivity index (χ0n) is 10.5. The van der Waals surface area contributed by atoms with Gasteiger partial charge in [0.05, 0.1) is 0 Å². The third kappa shape index (κ3) is 24.8. The molecule has 2 rings (SSSR count). The highest BCUT2D eigenvalue weighted by molar-refractivity contribution is 7.79. The fourth-order valence-corrected chi connectivity index (χ4v) is 1.37. The topological polar surface area (TPSA) is 125 Å². The second kappa shape index (κ2) is 13.2. The Bertz CT molecular complexity index is 202.